The predicted molar refractivity (Wildman–Crippen MR) is 230 cm³/mol. The van der Waals surface area contributed by atoms with Crippen LogP contribution >= 0.6 is 7.82 Å². The minimum Gasteiger partial charge on any atom is -0.480 e. The summed E-state index contributed by atoms with van der Waals surface area (Å²) < 4.78 is 32.4. The van der Waals surface area contributed by atoms with Crippen LogP contribution in [0.1, 0.15) is 110 Å². The molecule has 334 valence electrons. The Balaban J connectivity index is 4.77. The molecule has 0 aliphatic heterocycles. The molecule has 0 bridgehead atoms. The van der Waals surface area contributed by atoms with Gasteiger partial charge in [-0.1, -0.05) is 130 Å². The monoisotopic (exact) mass is 851 g/mol. The second-order valence-electron chi connectivity index (χ2n) is 13.6. The zero-order chi connectivity index (χ0) is 44.0. The summed E-state index contributed by atoms with van der Waals surface area (Å²) in [4.78, 5) is 45.9. The van der Waals surface area contributed by atoms with E-state index in [4.69, 9.17) is 24.8 Å². The fourth-order valence-electron chi connectivity index (χ4n) is 4.83. The first-order valence-electron chi connectivity index (χ1n) is 20.6. The molecule has 0 aromatic carbocycles. The molecule has 0 saturated heterocycles. The zero-order valence-corrected chi connectivity index (χ0v) is 35.8. The Morgan fingerprint density at radius 3 is 1.90 bits per heavy atom. The van der Waals surface area contributed by atoms with Crippen LogP contribution in [0.15, 0.2) is 97.2 Å². The molecule has 7 N–H and O–H groups in total. The number of ether oxygens (including phenoxy) is 2. The third kappa shape index (κ3) is 35.9. The smallest absolute Gasteiger partial charge is 0.472 e. The van der Waals surface area contributed by atoms with E-state index in [-0.39, 0.29) is 25.7 Å². The quantitative estimate of drug-likeness (QED) is 0.0119. The number of rotatable bonds is 36. The van der Waals surface area contributed by atoms with Gasteiger partial charge in [-0.3, -0.25) is 23.4 Å². The highest BCUT2D eigenvalue weighted by atomic mass is 31.2. The minimum absolute atomic E-state index is 0.0613. The molecule has 1 unspecified atom stereocenters. The Morgan fingerprint density at radius 1 is 0.661 bits per heavy atom. The van der Waals surface area contributed by atoms with Gasteiger partial charge in [0.2, 0.25) is 0 Å². The Bertz CT molecular complexity index is 1420. The van der Waals surface area contributed by atoms with E-state index in [1.165, 1.54) is 6.08 Å². The number of hydrogen-bond donors (Lipinski definition) is 6. The summed E-state index contributed by atoms with van der Waals surface area (Å²) in [6.07, 6.45) is 35.7. The van der Waals surface area contributed by atoms with Crippen LogP contribution < -0.4 is 5.73 Å². The van der Waals surface area contributed by atoms with Crippen molar-refractivity contribution in [2.75, 3.05) is 19.8 Å². The Morgan fingerprint density at radius 2 is 1.22 bits per heavy atom. The Labute approximate surface area is 351 Å². The fourth-order valence-corrected chi connectivity index (χ4v) is 5.61. The number of aliphatic hydroxyl groups is 3. The second-order valence-corrected chi connectivity index (χ2v) is 15.0. The molecule has 0 heterocycles. The average Bonchev–Trinajstić information content (AvgIpc) is 3.20. The first kappa shape index (κ1) is 55.3. The third-order valence-electron chi connectivity index (χ3n) is 8.17. The number of carboxylic acids is 1. The van der Waals surface area contributed by atoms with Gasteiger partial charge in [0, 0.05) is 12.8 Å². The molecule has 0 aromatic rings. The molecule has 6 atom stereocenters. The molecule has 0 saturated carbocycles. The number of nitrogens with two attached hydrogens (primary N) is 1. The summed E-state index contributed by atoms with van der Waals surface area (Å²) in [7, 11) is -4.81. The second kappa shape index (κ2) is 37.3. The summed E-state index contributed by atoms with van der Waals surface area (Å²) in [5, 5.41) is 39.2. The summed E-state index contributed by atoms with van der Waals surface area (Å²) >= 11 is 0. The van der Waals surface area contributed by atoms with Gasteiger partial charge in [-0.2, -0.15) is 0 Å². The third-order valence-corrected chi connectivity index (χ3v) is 9.12. The van der Waals surface area contributed by atoms with E-state index >= 15 is 0 Å². The van der Waals surface area contributed by atoms with Crippen molar-refractivity contribution in [3.63, 3.8) is 0 Å². The molecule has 0 fully saturated rings. The number of allylic oxidation sites excluding steroid dienone is 13. The summed E-state index contributed by atoms with van der Waals surface area (Å²) in [6, 6.07) is -1.58. The molecule has 59 heavy (non-hydrogen) atoms. The lowest BCUT2D eigenvalue weighted by atomic mass is 10.1. The van der Waals surface area contributed by atoms with Crippen LogP contribution in [-0.4, -0.2) is 93.5 Å². The van der Waals surface area contributed by atoms with Crippen LogP contribution in [0.5, 0.6) is 0 Å². The summed E-state index contributed by atoms with van der Waals surface area (Å²) in [5.41, 5.74) is 5.30. The maximum Gasteiger partial charge on any atom is 0.472 e. The van der Waals surface area contributed by atoms with Crippen molar-refractivity contribution in [3.05, 3.63) is 97.2 Å². The van der Waals surface area contributed by atoms with Crippen LogP contribution in [0.25, 0.3) is 0 Å². The molecular weight excluding hydrogens is 781 g/mol. The van der Waals surface area contributed by atoms with E-state index in [2.05, 4.69) is 47.9 Å². The average molecular weight is 852 g/mol. The van der Waals surface area contributed by atoms with Crippen LogP contribution in [0.4, 0.5) is 0 Å². The first-order chi connectivity index (χ1) is 28.3. The molecule has 0 spiro atoms. The molecule has 14 nitrogen and oxygen atoms in total. The van der Waals surface area contributed by atoms with Crippen molar-refractivity contribution in [2.24, 2.45) is 5.73 Å². The van der Waals surface area contributed by atoms with Crippen molar-refractivity contribution < 1.29 is 62.8 Å². The van der Waals surface area contributed by atoms with Crippen LogP contribution in [-0.2, 0) is 37.5 Å². The van der Waals surface area contributed by atoms with Crippen molar-refractivity contribution in [1.82, 2.24) is 0 Å². The number of hydrogen-bond acceptors (Lipinski definition) is 12. The number of aliphatic hydroxyl groups excluding tert-OH is 3. The van der Waals surface area contributed by atoms with Gasteiger partial charge in [-0.05, 0) is 64.2 Å². The molecule has 15 heteroatoms. The highest BCUT2D eigenvalue weighted by Gasteiger charge is 2.28. The summed E-state index contributed by atoms with van der Waals surface area (Å²) in [5.74, 6) is -2.79. The van der Waals surface area contributed by atoms with Gasteiger partial charge in [0.25, 0.3) is 0 Å². The van der Waals surface area contributed by atoms with Crippen molar-refractivity contribution in [2.45, 2.75) is 141 Å². The van der Waals surface area contributed by atoms with Gasteiger partial charge in [0.1, 0.15) is 12.6 Å². The molecule has 0 aliphatic carbocycles. The molecule has 0 rings (SSSR count). The molecule has 0 aromatic heterocycles. The molecule has 0 aliphatic rings. The van der Waals surface area contributed by atoms with E-state index < -0.39 is 76.0 Å². The lowest BCUT2D eigenvalue weighted by Crippen LogP contribution is -2.34. The van der Waals surface area contributed by atoms with Crippen LogP contribution in [0.2, 0.25) is 0 Å². The maximum absolute atomic E-state index is 12.6. The highest BCUT2D eigenvalue weighted by molar-refractivity contribution is 7.47. The van der Waals surface area contributed by atoms with E-state index in [0.717, 1.165) is 57.8 Å². The van der Waals surface area contributed by atoms with Crippen molar-refractivity contribution in [3.8, 4) is 0 Å². The number of carbonyl (C=O) groups excluding carboxylic acids is 2. The number of phosphoric acid groups is 1. The Kier molecular flexibility index (Phi) is 34.9. The number of esters is 2. The number of phosphoric ester groups is 1. The lowest BCUT2D eigenvalue weighted by molar-refractivity contribution is -0.161. The van der Waals surface area contributed by atoms with Gasteiger partial charge in [0.15, 0.2) is 6.10 Å². The molecule has 0 radical (unpaired) electrons. The fraction of sp³-hybridized carbons (Fsp3) is 0.568. The Hall–Kier alpha value is -3.72. The van der Waals surface area contributed by atoms with E-state index in [0.29, 0.717) is 12.8 Å². The van der Waals surface area contributed by atoms with E-state index in [1.54, 1.807) is 42.5 Å². The maximum atomic E-state index is 12.6. The van der Waals surface area contributed by atoms with Crippen LogP contribution in [0.3, 0.4) is 0 Å². The van der Waals surface area contributed by atoms with Gasteiger partial charge >= 0.3 is 25.7 Å². The standard InChI is InChI=1S/C44H70NO13P/c1-3-5-7-8-9-10-11-12-13-14-15-16-17-22-26-32-43(50)58-38(35-56-59(53,54)57-36-39(45)44(51)52)34-55-42(49)33-27-31-41(48)40(47)30-25-21-19-18-20-24-29-37(46)28-23-6-4-2/h5-7,9-10,12-13,18-21,23-25,29-30,37-41,46-48H,3-4,8,11,14-17,22,26-28,31-36,45H2,1-2H3,(H,51,52)(H,53,54)/b7-5-,10-9-,13-12-,20-18+,21-19-,23-6-,29-24+,30-25-/t37-,38-,39+,40+,41+/m1/s1. The topological polar surface area (TPSA) is 232 Å². The molecular formula is C44H70NO13P. The van der Waals surface area contributed by atoms with Crippen molar-refractivity contribution >= 4 is 25.7 Å². The SMILES string of the molecule is CC/C=C\C/C=C\C/C=C\CCCCCCCC(=O)O[C@H](COC(=O)CCC[C@H](O)[C@@H](O)\C=C/C=C\C=C\C=C\[C@H](O)C/C=C\CC)COP(=O)(O)OC[C@H](N)C(=O)O. The normalized spacial score (nSPS) is 16.3. The number of aliphatic carboxylic acids is 1. The minimum atomic E-state index is -4.81. The highest BCUT2D eigenvalue weighted by Crippen LogP contribution is 2.43. The number of carboxylic acid groups (broad SMARTS) is 1. The van der Waals surface area contributed by atoms with Crippen LogP contribution in [0, 0.1) is 0 Å². The zero-order valence-electron chi connectivity index (χ0n) is 34.9. The first-order valence-corrected chi connectivity index (χ1v) is 22.1. The number of carbonyl (C=O) groups is 3. The van der Waals surface area contributed by atoms with Gasteiger partial charge < -0.3 is 40.5 Å². The number of unbranched alkanes of at least 4 members (excludes halogenated alkanes) is 5. The van der Waals surface area contributed by atoms with E-state index in [1.807, 2.05) is 19.1 Å². The summed E-state index contributed by atoms with van der Waals surface area (Å²) in [6.45, 7) is 2.10. The van der Waals surface area contributed by atoms with Gasteiger partial charge in [0.05, 0.1) is 31.5 Å². The molecule has 0 amide bonds. The predicted octanol–water partition coefficient (Wildman–Crippen LogP) is 7.41. The van der Waals surface area contributed by atoms with E-state index in [9.17, 15) is 39.2 Å². The van der Waals surface area contributed by atoms with Crippen molar-refractivity contribution in [1.29, 1.82) is 0 Å². The lowest BCUT2D eigenvalue weighted by Gasteiger charge is -2.20. The largest absolute Gasteiger partial charge is 0.480 e. The van der Waals surface area contributed by atoms with Gasteiger partial charge in [-0.25, -0.2) is 4.57 Å². The van der Waals surface area contributed by atoms with Gasteiger partial charge in [-0.15, -0.1) is 0 Å².